The van der Waals surface area contributed by atoms with Crippen molar-refractivity contribution in [2.45, 2.75) is 6.42 Å². The molecule has 1 aliphatic heterocycles. The zero-order valence-electron chi connectivity index (χ0n) is 5.70. The minimum atomic E-state index is -0.488. The highest BCUT2D eigenvalue weighted by molar-refractivity contribution is 6.03. The summed E-state index contributed by atoms with van der Waals surface area (Å²) in [4.78, 5) is 22.7. The third-order valence-electron chi connectivity index (χ3n) is 1.70. The van der Waals surface area contributed by atoms with Crippen LogP contribution in [-0.2, 0) is 9.59 Å². The van der Waals surface area contributed by atoms with Crippen molar-refractivity contribution in [1.29, 1.82) is 0 Å². The summed E-state index contributed by atoms with van der Waals surface area (Å²) in [7, 11) is 1.43. The molecule has 0 bridgehead atoms. The number of aliphatic hydroxyl groups is 1. The van der Waals surface area contributed by atoms with E-state index in [-0.39, 0.29) is 24.8 Å². The highest BCUT2D eigenvalue weighted by atomic mass is 16.3. The Balaban J connectivity index is 2.71. The fourth-order valence-corrected chi connectivity index (χ4v) is 0.974. The second-order valence-corrected chi connectivity index (χ2v) is 2.37. The van der Waals surface area contributed by atoms with Gasteiger partial charge >= 0.3 is 0 Å². The maximum absolute atomic E-state index is 10.9. The molecule has 10 heavy (non-hydrogen) atoms. The fraction of sp³-hybridized carbons (Fsp3) is 0.667. The van der Waals surface area contributed by atoms with Crippen molar-refractivity contribution >= 4 is 11.8 Å². The molecule has 4 nitrogen and oxygen atoms in total. The van der Waals surface area contributed by atoms with Crippen LogP contribution in [0.1, 0.15) is 6.42 Å². The van der Waals surface area contributed by atoms with Crippen LogP contribution in [0.25, 0.3) is 0 Å². The van der Waals surface area contributed by atoms with Gasteiger partial charge < -0.3 is 5.11 Å². The van der Waals surface area contributed by atoms with Gasteiger partial charge in [0, 0.05) is 13.5 Å². The minimum absolute atomic E-state index is 0.159. The molecule has 4 heteroatoms. The second kappa shape index (κ2) is 2.38. The zero-order valence-corrected chi connectivity index (χ0v) is 5.70. The van der Waals surface area contributed by atoms with Gasteiger partial charge in [0.2, 0.25) is 11.8 Å². The maximum Gasteiger partial charge on any atom is 0.234 e. The topological polar surface area (TPSA) is 57.6 Å². The molecule has 1 aliphatic rings. The molecule has 1 atom stereocenters. The number of carbonyl (C=O) groups is 2. The second-order valence-electron chi connectivity index (χ2n) is 2.37. The van der Waals surface area contributed by atoms with Crippen LogP contribution in [0, 0.1) is 5.92 Å². The number of likely N-dealkylation sites (tertiary alicyclic amines) is 1. The predicted octanol–water partition coefficient (Wildman–Crippen LogP) is -1.02. The smallest absolute Gasteiger partial charge is 0.234 e. The van der Waals surface area contributed by atoms with Crippen molar-refractivity contribution in [2.75, 3.05) is 13.7 Å². The SMILES string of the molecule is CN1C(=O)CC(CO)C1=O. The summed E-state index contributed by atoms with van der Waals surface area (Å²) in [6.45, 7) is -0.227. The summed E-state index contributed by atoms with van der Waals surface area (Å²) in [6.07, 6.45) is 0.159. The molecule has 0 saturated carbocycles. The van der Waals surface area contributed by atoms with Crippen LogP contribution in [0.15, 0.2) is 0 Å². The van der Waals surface area contributed by atoms with Gasteiger partial charge in [0.25, 0.3) is 0 Å². The monoisotopic (exact) mass is 143 g/mol. The van der Waals surface area contributed by atoms with Gasteiger partial charge in [0.05, 0.1) is 12.5 Å². The molecular formula is C6H9NO3. The first-order valence-electron chi connectivity index (χ1n) is 3.08. The van der Waals surface area contributed by atoms with Crippen LogP contribution in [0.2, 0.25) is 0 Å². The first-order chi connectivity index (χ1) is 4.66. The van der Waals surface area contributed by atoms with Crippen molar-refractivity contribution < 1.29 is 14.7 Å². The molecule has 0 aromatic rings. The van der Waals surface area contributed by atoms with Crippen LogP contribution in [0.5, 0.6) is 0 Å². The van der Waals surface area contributed by atoms with Crippen molar-refractivity contribution in [3.8, 4) is 0 Å². The Kier molecular flexibility index (Phi) is 1.72. The molecule has 1 saturated heterocycles. The number of rotatable bonds is 1. The maximum atomic E-state index is 10.9. The lowest BCUT2D eigenvalue weighted by atomic mass is 10.1. The highest BCUT2D eigenvalue weighted by Crippen LogP contribution is 2.16. The van der Waals surface area contributed by atoms with Crippen molar-refractivity contribution in [1.82, 2.24) is 4.90 Å². The standard InChI is InChI=1S/C6H9NO3/c1-7-5(9)2-4(3-8)6(7)10/h4,8H,2-3H2,1H3. The molecule has 1 rings (SSSR count). The third kappa shape index (κ3) is 0.903. The van der Waals surface area contributed by atoms with Gasteiger partial charge in [-0.15, -0.1) is 0 Å². The molecular weight excluding hydrogens is 134 g/mol. The minimum Gasteiger partial charge on any atom is -0.396 e. The van der Waals surface area contributed by atoms with Gasteiger partial charge in [-0.3, -0.25) is 14.5 Å². The molecule has 0 aromatic carbocycles. The van der Waals surface area contributed by atoms with E-state index in [9.17, 15) is 9.59 Å². The van der Waals surface area contributed by atoms with Crippen LogP contribution in [0.3, 0.4) is 0 Å². The van der Waals surface area contributed by atoms with Gasteiger partial charge in [-0.1, -0.05) is 0 Å². The van der Waals surface area contributed by atoms with Crippen LogP contribution >= 0.6 is 0 Å². The van der Waals surface area contributed by atoms with Crippen LogP contribution in [-0.4, -0.2) is 35.5 Å². The van der Waals surface area contributed by atoms with Crippen molar-refractivity contribution in [3.63, 3.8) is 0 Å². The number of amides is 2. The van der Waals surface area contributed by atoms with E-state index in [1.165, 1.54) is 7.05 Å². The van der Waals surface area contributed by atoms with E-state index in [0.29, 0.717) is 0 Å². The van der Waals surface area contributed by atoms with Gasteiger partial charge in [0.1, 0.15) is 0 Å². The first kappa shape index (κ1) is 7.21. The van der Waals surface area contributed by atoms with E-state index in [1.54, 1.807) is 0 Å². The number of imide groups is 1. The Hall–Kier alpha value is -0.900. The normalized spacial score (nSPS) is 26.2. The molecule has 0 spiro atoms. The summed E-state index contributed by atoms with van der Waals surface area (Å²) in [5.41, 5.74) is 0. The average Bonchev–Trinajstić information content (AvgIpc) is 2.17. The summed E-state index contributed by atoms with van der Waals surface area (Å²) >= 11 is 0. The van der Waals surface area contributed by atoms with E-state index in [0.717, 1.165) is 4.90 Å². The molecule has 56 valence electrons. The number of hydrogen-bond donors (Lipinski definition) is 1. The summed E-state index contributed by atoms with van der Waals surface area (Å²) in [5, 5.41) is 8.57. The van der Waals surface area contributed by atoms with Gasteiger partial charge in [0.15, 0.2) is 0 Å². The molecule has 0 aromatic heterocycles. The molecule has 1 N–H and O–H groups in total. The molecule has 0 radical (unpaired) electrons. The lowest BCUT2D eigenvalue weighted by Gasteiger charge is -2.04. The largest absolute Gasteiger partial charge is 0.396 e. The predicted molar refractivity (Wildman–Crippen MR) is 33.0 cm³/mol. The molecule has 1 unspecified atom stereocenters. The Labute approximate surface area is 58.4 Å². The third-order valence-corrected chi connectivity index (χ3v) is 1.70. The summed E-state index contributed by atoms with van der Waals surface area (Å²) in [6, 6.07) is 0. The quantitative estimate of drug-likeness (QED) is 0.478. The van der Waals surface area contributed by atoms with E-state index in [1.807, 2.05) is 0 Å². The van der Waals surface area contributed by atoms with E-state index >= 15 is 0 Å². The summed E-state index contributed by atoms with van der Waals surface area (Å²) in [5.74, 6) is -0.964. The van der Waals surface area contributed by atoms with E-state index in [2.05, 4.69) is 0 Å². The van der Waals surface area contributed by atoms with E-state index in [4.69, 9.17) is 5.11 Å². The Morgan fingerprint density at radius 1 is 1.70 bits per heavy atom. The van der Waals surface area contributed by atoms with Gasteiger partial charge in [-0.05, 0) is 0 Å². The van der Waals surface area contributed by atoms with Crippen molar-refractivity contribution in [3.05, 3.63) is 0 Å². The van der Waals surface area contributed by atoms with Crippen LogP contribution in [0.4, 0.5) is 0 Å². The number of aliphatic hydroxyl groups excluding tert-OH is 1. The lowest BCUT2D eigenvalue weighted by Crippen LogP contribution is -2.26. The van der Waals surface area contributed by atoms with Gasteiger partial charge in [-0.25, -0.2) is 0 Å². The number of carbonyl (C=O) groups excluding carboxylic acids is 2. The first-order valence-corrected chi connectivity index (χ1v) is 3.08. The van der Waals surface area contributed by atoms with Gasteiger partial charge in [-0.2, -0.15) is 0 Å². The van der Waals surface area contributed by atoms with Crippen LogP contribution < -0.4 is 0 Å². The molecule has 1 fully saturated rings. The average molecular weight is 143 g/mol. The molecule has 2 amide bonds. The highest BCUT2D eigenvalue weighted by Gasteiger charge is 2.35. The number of nitrogens with zero attached hydrogens (tertiary/aromatic N) is 1. The fourth-order valence-electron chi connectivity index (χ4n) is 0.974. The Morgan fingerprint density at radius 3 is 2.50 bits per heavy atom. The lowest BCUT2D eigenvalue weighted by molar-refractivity contribution is -0.137. The Bertz CT molecular complexity index is 178. The molecule has 0 aliphatic carbocycles. The Morgan fingerprint density at radius 2 is 2.30 bits per heavy atom. The number of hydrogen-bond acceptors (Lipinski definition) is 3. The zero-order chi connectivity index (χ0) is 7.72. The van der Waals surface area contributed by atoms with Crippen molar-refractivity contribution in [2.24, 2.45) is 5.92 Å². The van der Waals surface area contributed by atoms with E-state index < -0.39 is 5.92 Å². The molecule has 1 heterocycles. The summed E-state index contributed by atoms with van der Waals surface area (Å²) < 4.78 is 0.